The molecule has 0 radical (unpaired) electrons. The number of ether oxygens (including phenoxy) is 2. The van der Waals surface area contributed by atoms with Crippen LogP contribution in [0.2, 0.25) is 0 Å². The number of hydrogen-bond acceptors (Lipinski definition) is 5. The van der Waals surface area contributed by atoms with E-state index in [-0.39, 0.29) is 12.0 Å². The van der Waals surface area contributed by atoms with Crippen LogP contribution in [0.5, 0.6) is 5.75 Å². The molecule has 1 fully saturated rings. The molecule has 1 aromatic heterocycles. The van der Waals surface area contributed by atoms with E-state index in [0.717, 1.165) is 0 Å². The SMILES string of the molecule is COc1cccnc1NC(=O)c1ccc(N2CCOC2=O)cc1. The lowest BCUT2D eigenvalue weighted by Gasteiger charge is -2.13. The van der Waals surface area contributed by atoms with Crippen molar-refractivity contribution in [3.63, 3.8) is 0 Å². The molecule has 23 heavy (non-hydrogen) atoms. The summed E-state index contributed by atoms with van der Waals surface area (Å²) in [7, 11) is 1.51. The second-order valence-electron chi connectivity index (χ2n) is 4.82. The van der Waals surface area contributed by atoms with Crippen LogP contribution in [0.4, 0.5) is 16.3 Å². The average molecular weight is 313 g/mol. The molecule has 1 aliphatic rings. The minimum Gasteiger partial charge on any atom is -0.493 e. The first-order chi connectivity index (χ1) is 11.2. The molecule has 0 unspecified atom stereocenters. The fraction of sp³-hybridized carbons (Fsp3) is 0.188. The van der Waals surface area contributed by atoms with Gasteiger partial charge in [-0.1, -0.05) is 0 Å². The fourth-order valence-electron chi connectivity index (χ4n) is 2.25. The molecule has 1 N–H and O–H groups in total. The first-order valence-corrected chi connectivity index (χ1v) is 7.04. The van der Waals surface area contributed by atoms with E-state index in [1.54, 1.807) is 42.6 Å². The highest BCUT2D eigenvalue weighted by molar-refractivity contribution is 6.04. The third-order valence-electron chi connectivity index (χ3n) is 3.42. The van der Waals surface area contributed by atoms with Gasteiger partial charge in [-0.2, -0.15) is 0 Å². The number of aromatic nitrogens is 1. The predicted octanol–water partition coefficient (Wildman–Crippen LogP) is 2.30. The van der Waals surface area contributed by atoms with Crippen molar-refractivity contribution < 1.29 is 19.1 Å². The Morgan fingerprint density at radius 2 is 2.09 bits per heavy atom. The number of hydrogen-bond donors (Lipinski definition) is 1. The Morgan fingerprint density at radius 3 is 2.74 bits per heavy atom. The number of carbonyl (C=O) groups excluding carboxylic acids is 2. The van der Waals surface area contributed by atoms with Gasteiger partial charge in [-0.05, 0) is 36.4 Å². The molecular weight excluding hydrogens is 298 g/mol. The number of anilines is 2. The average Bonchev–Trinajstić information content (AvgIpc) is 3.01. The molecule has 1 aromatic carbocycles. The van der Waals surface area contributed by atoms with Gasteiger partial charge in [-0.3, -0.25) is 9.69 Å². The van der Waals surface area contributed by atoms with Crippen LogP contribution in [-0.4, -0.2) is 37.2 Å². The van der Waals surface area contributed by atoms with Gasteiger partial charge >= 0.3 is 6.09 Å². The van der Waals surface area contributed by atoms with Crippen LogP contribution in [0.25, 0.3) is 0 Å². The number of pyridine rings is 1. The quantitative estimate of drug-likeness (QED) is 0.936. The molecule has 1 aliphatic heterocycles. The Bertz CT molecular complexity index is 730. The Kier molecular flexibility index (Phi) is 4.09. The maximum Gasteiger partial charge on any atom is 0.414 e. The van der Waals surface area contributed by atoms with Crippen LogP contribution in [0.15, 0.2) is 42.6 Å². The van der Waals surface area contributed by atoms with Crippen LogP contribution >= 0.6 is 0 Å². The molecule has 2 aromatic rings. The fourth-order valence-corrected chi connectivity index (χ4v) is 2.25. The van der Waals surface area contributed by atoms with E-state index in [9.17, 15) is 9.59 Å². The highest BCUT2D eigenvalue weighted by Gasteiger charge is 2.23. The van der Waals surface area contributed by atoms with Gasteiger partial charge in [-0.25, -0.2) is 9.78 Å². The lowest BCUT2D eigenvalue weighted by molar-refractivity contribution is 0.102. The summed E-state index contributed by atoms with van der Waals surface area (Å²) in [5.74, 6) is 0.530. The molecule has 7 heteroatoms. The van der Waals surface area contributed by atoms with Crippen molar-refractivity contribution in [1.82, 2.24) is 4.98 Å². The zero-order valence-corrected chi connectivity index (χ0v) is 12.5. The normalized spacial score (nSPS) is 13.6. The maximum absolute atomic E-state index is 12.3. The Labute approximate surface area is 132 Å². The van der Waals surface area contributed by atoms with Crippen LogP contribution in [0.3, 0.4) is 0 Å². The van der Waals surface area contributed by atoms with Gasteiger partial charge in [0.15, 0.2) is 11.6 Å². The third kappa shape index (κ3) is 3.08. The van der Waals surface area contributed by atoms with E-state index in [0.29, 0.717) is 36.0 Å². The first kappa shape index (κ1) is 14.8. The molecule has 3 rings (SSSR count). The van der Waals surface area contributed by atoms with Gasteiger partial charge in [-0.15, -0.1) is 0 Å². The van der Waals surface area contributed by atoms with E-state index in [2.05, 4.69) is 10.3 Å². The second kappa shape index (κ2) is 6.35. The van der Waals surface area contributed by atoms with Crippen molar-refractivity contribution in [3.05, 3.63) is 48.2 Å². The van der Waals surface area contributed by atoms with Gasteiger partial charge in [0.2, 0.25) is 0 Å². The number of nitrogens with zero attached hydrogens (tertiary/aromatic N) is 2. The van der Waals surface area contributed by atoms with Crippen molar-refractivity contribution in [2.75, 3.05) is 30.5 Å². The summed E-state index contributed by atoms with van der Waals surface area (Å²) < 4.78 is 10.0. The third-order valence-corrected chi connectivity index (χ3v) is 3.42. The number of carbonyl (C=O) groups is 2. The number of amides is 2. The molecule has 0 bridgehead atoms. The smallest absolute Gasteiger partial charge is 0.414 e. The molecule has 0 saturated carbocycles. The molecule has 2 heterocycles. The predicted molar refractivity (Wildman–Crippen MR) is 83.9 cm³/mol. The number of nitrogens with one attached hydrogen (secondary N) is 1. The van der Waals surface area contributed by atoms with Gasteiger partial charge in [0, 0.05) is 17.4 Å². The van der Waals surface area contributed by atoms with E-state index in [1.807, 2.05) is 0 Å². The Hall–Kier alpha value is -3.09. The number of methoxy groups -OCH3 is 1. The van der Waals surface area contributed by atoms with Crippen molar-refractivity contribution >= 4 is 23.5 Å². The summed E-state index contributed by atoms with van der Waals surface area (Å²) in [5.41, 5.74) is 1.15. The largest absolute Gasteiger partial charge is 0.493 e. The molecule has 0 aliphatic carbocycles. The molecule has 118 valence electrons. The lowest BCUT2D eigenvalue weighted by Crippen LogP contribution is -2.23. The lowest BCUT2D eigenvalue weighted by atomic mass is 10.2. The van der Waals surface area contributed by atoms with Crippen LogP contribution in [0, 0.1) is 0 Å². The Balaban J connectivity index is 1.74. The van der Waals surface area contributed by atoms with Crippen molar-refractivity contribution in [2.45, 2.75) is 0 Å². The van der Waals surface area contributed by atoms with Gasteiger partial charge < -0.3 is 14.8 Å². The molecule has 0 spiro atoms. The molecule has 1 saturated heterocycles. The highest BCUT2D eigenvalue weighted by Crippen LogP contribution is 2.22. The van der Waals surface area contributed by atoms with Crippen LogP contribution < -0.4 is 15.0 Å². The minimum absolute atomic E-state index is 0.308. The summed E-state index contributed by atoms with van der Waals surface area (Å²) in [6.07, 6.45) is 1.20. The number of rotatable bonds is 4. The summed E-state index contributed by atoms with van der Waals surface area (Å²) >= 11 is 0. The van der Waals surface area contributed by atoms with Crippen LogP contribution in [-0.2, 0) is 4.74 Å². The topological polar surface area (TPSA) is 80.8 Å². The maximum atomic E-state index is 12.3. The summed E-state index contributed by atoms with van der Waals surface area (Å²) in [6.45, 7) is 0.885. The minimum atomic E-state index is -0.375. The van der Waals surface area contributed by atoms with E-state index >= 15 is 0 Å². The molecule has 7 nitrogen and oxygen atoms in total. The molecule has 0 atom stereocenters. The van der Waals surface area contributed by atoms with E-state index in [1.165, 1.54) is 12.0 Å². The van der Waals surface area contributed by atoms with Gasteiger partial charge in [0.25, 0.3) is 5.91 Å². The molecule has 2 amide bonds. The highest BCUT2D eigenvalue weighted by atomic mass is 16.6. The van der Waals surface area contributed by atoms with Crippen LogP contribution in [0.1, 0.15) is 10.4 Å². The summed E-state index contributed by atoms with van der Waals surface area (Å²) in [6, 6.07) is 10.1. The summed E-state index contributed by atoms with van der Waals surface area (Å²) in [4.78, 5) is 29.4. The van der Waals surface area contributed by atoms with Crippen molar-refractivity contribution in [3.8, 4) is 5.75 Å². The standard InChI is InChI=1S/C16H15N3O4/c1-22-13-3-2-8-17-14(13)18-15(20)11-4-6-12(7-5-11)19-9-10-23-16(19)21/h2-8H,9-10H2,1H3,(H,17,18,20). The van der Waals surface area contributed by atoms with E-state index < -0.39 is 0 Å². The van der Waals surface area contributed by atoms with Gasteiger partial charge in [0.1, 0.15) is 6.61 Å². The van der Waals surface area contributed by atoms with Gasteiger partial charge in [0.05, 0.1) is 13.7 Å². The zero-order chi connectivity index (χ0) is 16.2. The second-order valence-corrected chi connectivity index (χ2v) is 4.82. The summed E-state index contributed by atoms with van der Waals surface area (Å²) in [5, 5.41) is 2.70. The monoisotopic (exact) mass is 313 g/mol. The Morgan fingerprint density at radius 1 is 1.30 bits per heavy atom. The van der Waals surface area contributed by atoms with Crippen molar-refractivity contribution in [2.24, 2.45) is 0 Å². The first-order valence-electron chi connectivity index (χ1n) is 7.04. The van der Waals surface area contributed by atoms with E-state index in [4.69, 9.17) is 9.47 Å². The molecular formula is C16H15N3O4. The number of benzene rings is 1. The zero-order valence-electron chi connectivity index (χ0n) is 12.5. The number of cyclic esters (lactones) is 1. The van der Waals surface area contributed by atoms with Crippen molar-refractivity contribution in [1.29, 1.82) is 0 Å².